The molecule has 9 heteroatoms. The van der Waals surface area contributed by atoms with Crippen molar-refractivity contribution in [2.45, 2.75) is 56.4 Å². The number of alkyl halides is 3. The van der Waals surface area contributed by atoms with E-state index in [0.717, 1.165) is 12.1 Å². The minimum Gasteiger partial charge on any atom is -0.444 e. The predicted octanol–water partition coefficient (Wildman–Crippen LogP) is 4.08. The lowest BCUT2D eigenvalue weighted by Gasteiger charge is -2.38. The highest BCUT2D eigenvalue weighted by Gasteiger charge is 2.43. The third kappa shape index (κ3) is 4.63. The lowest BCUT2D eigenvalue weighted by molar-refractivity contribution is -0.137. The predicted molar refractivity (Wildman–Crippen MR) is 104 cm³/mol. The first-order chi connectivity index (χ1) is 12.9. The highest BCUT2D eigenvalue weighted by atomic mass is 32.1. The Morgan fingerprint density at radius 1 is 1.21 bits per heavy atom. The number of halogens is 3. The van der Waals surface area contributed by atoms with E-state index in [1.807, 2.05) is 20.8 Å². The highest BCUT2D eigenvalue weighted by molar-refractivity contribution is 7.81. The van der Waals surface area contributed by atoms with Gasteiger partial charge in [0.15, 0.2) is 0 Å². The van der Waals surface area contributed by atoms with Gasteiger partial charge in [-0.05, 0) is 38.5 Å². The fraction of sp³-hybridized carbons (Fsp3) is 0.579. The first kappa shape index (κ1) is 21.0. The molecule has 5 nitrogen and oxygen atoms in total. The van der Waals surface area contributed by atoms with E-state index in [1.54, 1.807) is 4.90 Å². The molecule has 154 valence electrons. The number of ether oxygens (including phenoxy) is 1. The molecule has 0 bridgehead atoms. The molecule has 3 rings (SSSR count). The van der Waals surface area contributed by atoms with Gasteiger partial charge in [0.1, 0.15) is 11.3 Å². The summed E-state index contributed by atoms with van der Waals surface area (Å²) in [6, 6.07) is 4.94. The molecule has 0 radical (unpaired) electrons. The van der Waals surface area contributed by atoms with Crippen molar-refractivity contribution in [3.05, 3.63) is 35.4 Å². The van der Waals surface area contributed by atoms with Crippen LogP contribution in [0.3, 0.4) is 0 Å². The van der Waals surface area contributed by atoms with Gasteiger partial charge >= 0.3 is 12.3 Å². The van der Waals surface area contributed by atoms with Gasteiger partial charge in [-0.25, -0.2) is 4.79 Å². The van der Waals surface area contributed by atoms with Gasteiger partial charge in [-0.3, -0.25) is 10.3 Å². The van der Waals surface area contributed by atoms with Crippen LogP contribution in [0.25, 0.3) is 0 Å². The second-order valence-corrected chi connectivity index (χ2v) is 8.63. The molecule has 2 aliphatic heterocycles. The lowest BCUT2D eigenvalue weighted by Crippen LogP contribution is -2.53. The Bertz CT molecular complexity index is 764. The van der Waals surface area contributed by atoms with Crippen molar-refractivity contribution >= 4 is 24.4 Å². The number of amides is 1. The molecule has 1 amide bonds. The van der Waals surface area contributed by atoms with Gasteiger partial charge in [0.2, 0.25) is 0 Å². The number of nitrogens with zero attached hydrogens (tertiary/aromatic N) is 2. The van der Waals surface area contributed by atoms with Crippen LogP contribution in [-0.2, 0) is 10.9 Å². The van der Waals surface area contributed by atoms with Gasteiger partial charge in [0.05, 0.1) is 16.6 Å². The van der Waals surface area contributed by atoms with E-state index in [1.165, 1.54) is 12.1 Å². The minimum atomic E-state index is -4.37. The van der Waals surface area contributed by atoms with Crippen LogP contribution in [0.5, 0.6) is 0 Å². The Morgan fingerprint density at radius 3 is 2.29 bits per heavy atom. The average molecular weight is 415 g/mol. The molecular formula is C19H24F3N3O2S. The molecule has 1 fully saturated rings. The molecule has 28 heavy (non-hydrogen) atoms. The highest BCUT2D eigenvalue weighted by Crippen LogP contribution is 2.33. The van der Waals surface area contributed by atoms with E-state index in [9.17, 15) is 18.0 Å². The number of rotatable bonds is 1. The maximum absolute atomic E-state index is 12.8. The summed E-state index contributed by atoms with van der Waals surface area (Å²) in [6.45, 7) is 6.42. The Morgan fingerprint density at radius 2 is 1.79 bits per heavy atom. The molecule has 1 unspecified atom stereocenters. The van der Waals surface area contributed by atoms with E-state index >= 15 is 0 Å². The summed E-state index contributed by atoms with van der Waals surface area (Å²) in [4.78, 5) is 18.6. The van der Waals surface area contributed by atoms with Gasteiger partial charge in [0, 0.05) is 25.9 Å². The van der Waals surface area contributed by atoms with E-state index < -0.39 is 23.0 Å². The molecule has 1 saturated heterocycles. The third-order valence-corrected chi connectivity index (χ3v) is 5.12. The van der Waals surface area contributed by atoms with Crippen molar-refractivity contribution in [2.75, 3.05) is 13.1 Å². The van der Waals surface area contributed by atoms with Crippen molar-refractivity contribution in [1.29, 1.82) is 0 Å². The topological polar surface area (TPSA) is 53.9 Å². The zero-order valence-electron chi connectivity index (χ0n) is 16.0. The van der Waals surface area contributed by atoms with E-state index in [2.05, 4.69) is 17.9 Å². The number of likely N-dealkylation sites (tertiary alicyclic amines) is 1. The van der Waals surface area contributed by atoms with Gasteiger partial charge in [-0.1, -0.05) is 12.1 Å². The van der Waals surface area contributed by atoms with E-state index in [0.29, 0.717) is 37.2 Å². The van der Waals surface area contributed by atoms with Crippen LogP contribution in [0, 0.1) is 0 Å². The van der Waals surface area contributed by atoms with Crippen molar-refractivity contribution in [3.63, 3.8) is 0 Å². The number of nitrogens with one attached hydrogen (secondary N) is 1. The van der Waals surface area contributed by atoms with Crippen molar-refractivity contribution in [1.82, 2.24) is 10.2 Å². The summed E-state index contributed by atoms with van der Waals surface area (Å²) in [7, 11) is 0. The van der Waals surface area contributed by atoms with Gasteiger partial charge in [-0.2, -0.15) is 25.8 Å². The summed E-state index contributed by atoms with van der Waals surface area (Å²) in [5, 5.41) is 2.95. The lowest BCUT2D eigenvalue weighted by atomic mass is 9.98. The smallest absolute Gasteiger partial charge is 0.416 e. The van der Waals surface area contributed by atoms with Crippen molar-refractivity contribution < 1.29 is 22.7 Å². The maximum Gasteiger partial charge on any atom is 0.416 e. The monoisotopic (exact) mass is 415 g/mol. The summed E-state index contributed by atoms with van der Waals surface area (Å²) >= 11 is 4.52. The first-order valence-corrected chi connectivity index (χ1v) is 9.61. The van der Waals surface area contributed by atoms with Crippen molar-refractivity contribution in [2.24, 2.45) is 4.99 Å². The summed E-state index contributed by atoms with van der Waals surface area (Å²) in [5.41, 5.74) is -0.598. The Labute approximate surface area is 167 Å². The quantitative estimate of drug-likeness (QED) is 0.680. The fourth-order valence-corrected chi connectivity index (χ4v) is 3.79. The van der Waals surface area contributed by atoms with Crippen LogP contribution in [0.15, 0.2) is 29.3 Å². The molecule has 1 N–H and O–H groups in total. The molecule has 2 heterocycles. The second-order valence-electron chi connectivity index (χ2n) is 8.12. The number of carbonyl (C=O) groups is 1. The average Bonchev–Trinajstić information content (AvgIpc) is 2.89. The number of aliphatic imine (C=N–C) groups is 1. The molecule has 0 aliphatic carbocycles. The van der Waals surface area contributed by atoms with Crippen molar-refractivity contribution in [3.8, 4) is 0 Å². The second kappa shape index (κ2) is 7.26. The summed E-state index contributed by atoms with van der Waals surface area (Å²) < 4.78 is 43.7. The van der Waals surface area contributed by atoms with Crippen LogP contribution in [-0.4, -0.2) is 46.4 Å². The van der Waals surface area contributed by atoms with Crippen LogP contribution < -0.4 is 5.32 Å². The van der Waals surface area contributed by atoms with Gasteiger partial charge in [-0.15, -0.1) is 0 Å². The Kier molecular flexibility index (Phi) is 5.44. The molecule has 1 spiro atoms. The fourth-order valence-electron chi connectivity index (χ4n) is 3.34. The molecule has 1 atom stereocenters. The largest absolute Gasteiger partial charge is 0.444 e. The number of hydrogen-bond donors (Lipinski definition) is 2. The third-order valence-electron chi connectivity index (χ3n) is 4.75. The zero-order valence-corrected chi connectivity index (χ0v) is 16.9. The Hall–Kier alpha value is -1.74. The molecule has 1 aromatic rings. The molecular weight excluding hydrogens is 391 g/mol. The number of hydrogen-bond acceptors (Lipinski definition) is 5. The molecule has 0 aromatic heterocycles. The minimum absolute atomic E-state index is 0.352. The van der Waals surface area contributed by atoms with E-state index in [4.69, 9.17) is 9.73 Å². The molecule has 2 aliphatic rings. The number of benzene rings is 1. The van der Waals surface area contributed by atoms with Crippen LogP contribution in [0.1, 0.15) is 44.7 Å². The summed E-state index contributed by atoms with van der Waals surface area (Å²) in [5.74, 6) is 0. The van der Waals surface area contributed by atoms with Crippen LogP contribution >= 0.6 is 12.6 Å². The Balaban J connectivity index is 1.70. The van der Waals surface area contributed by atoms with Crippen LogP contribution in [0.4, 0.5) is 18.0 Å². The first-order valence-electron chi connectivity index (χ1n) is 9.10. The number of piperidine rings is 1. The van der Waals surface area contributed by atoms with E-state index in [-0.39, 0.29) is 11.5 Å². The van der Waals surface area contributed by atoms with Crippen LogP contribution in [0.2, 0.25) is 0 Å². The maximum atomic E-state index is 12.8. The number of thiol groups is 1. The van der Waals surface area contributed by atoms with Gasteiger partial charge < -0.3 is 9.64 Å². The standard InChI is InChI=1S/C19H24F3N3O2S/c1-17(2,3)27-16(26)25-10-8-18(9-11-25)23-14(15(28)24-18)12-4-6-13(7-5-12)19(20,21)22/h4-7,15,24,28H,8-11H2,1-3H3. The van der Waals surface area contributed by atoms with Gasteiger partial charge in [0.25, 0.3) is 0 Å². The summed E-state index contributed by atoms with van der Waals surface area (Å²) in [6.07, 6.45) is -3.57. The molecule has 0 saturated carbocycles. The normalized spacial score (nSPS) is 22.3. The SMILES string of the molecule is CC(C)(C)OC(=O)N1CCC2(CC1)N=C(c1ccc(C(F)(F)F)cc1)C(S)N2. The zero-order chi connectivity index (χ0) is 20.7. The molecule has 1 aromatic carbocycles. The number of carbonyl (C=O) groups excluding carboxylic acids is 1.